The molecular weight excluding hydrogens is 368 g/mol. The van der Waals surface area contributed by atoms with Gasteiger partial charge in [0.15, 0.2) is 11.5 Å². The molecule has 0 unspecified atom stereocenters. The molecule has 0 fully saturated rings. The Balaban J connectivity index is 2.20. The third-order valence-corrected chi connectivity index (χ3v) is 4.35. The van der Waals surface area contributed by atoms with E-state index in [2.05, 4.69) is 0 Å². The van der Waals surface area contributed by atoms with E-state index >= 15 is 0 Å². The Labute approximate surface area is 160 Å². The lowest BCUT2D eigenvalue weighted by molar-refractivity contribution is -0.144. The van der Waals surface area contributed by atoms with Gasteiger partial charge < -0.3 is 29.5 Å². The van der Waals surface area contributed by atoms with Gasteiger partial charge in [0.25, 0.3) is 0 Å². The molecule has 3 N–H and O–H groups in total. The van der Waals surface area contributed by atoms with Crippen LogP contribution in [0.4, 0.5) is 0 Å². The average molecular weight is 386 g/mol. The Morgan fingerprint density at radius 1 is 1.14 bits per heavy atom. The van der Waals surface area contributed by atoms with Gasteiger partial charge in [0.05, 0.1) is 26.2 Å². The topological polar surface area (TPSA) is 123 Å². The zero-order valence-corrected chi connectivity index (χ0v) is 15.1. The first-order chi connectivity index (χ1) is 13.3. The SMILES string of the molecule is COc1cc(C2=CC(=O)O[C@@H]2CC(=O)O)c(OC)c(O)c1-c1ccc(O)cc1. The third-order valence-electron chi connectivity index (χ3n) is 4.35. The monoisotopic (exact) mass is 386 g/mol. The minimum absolute atomic E-state index is 0.0452. The van der Waals surface area contributed by atoms with Crippen molar-refractivity contribution in [2.24, 2.45) is 0 Å². The van der Waals surface area contributed by atoms with Crippen molar-refractivity contribution < 1.29 is 39.1 Å². The van der Waals surface area contributed by atoms with Crippen LogP contribution in [0.2, 0.25) is 0 Å². The molecule has 146 valence electrons. The summed E-state index contributed by atoms with van der Waals surface area (Å²) in [5, 5.41) is 29.4. The van der Waals surface area contributed by atoms with Gasteiger partial charge in [-0.15, -0.1) is 0 Å². The van der Waals surface area contributed by atoms with Gasteiger partial charge in [0, 0.05) is 17.2 Å². The molecule has 0 saturated carbocycles. The molecule has 0 bridgehead atoms. The molecule has 1 heterocycles. The zero-order valence-electron chi connectivity index (χ0n) is 15.1. The minimum Gasteiger partial charge on any atom is -0.508 e. The molecule has 0 aromatic heterocycles. The molecule has 1 atom stereocenters. The molecule has 0 spiro atoms. The predicted molar refractivity (Wildman–Crippen MR) is 98.4 cm³/mol. The summed E-state index contributed by atoms with van der Waals surface area (Å²) < 4.78 is 15.8. The summed E-state index contributed by atoms with van der Waals surface area (Å²) in [6.07, 6.45) is -0.267. The van der Waals surface area contributed by atoms with Gasteiger partial charge in [0.1, 0.15) is 17.6 Å². The smallest absolute Gasteiger partial charge is 0.331 e. The first-order valence-corrected chi connectivity index (χ1v) is 8.27. The standard InChI is InChI=1S/C20H18O8/c1-26-15-7-13(12-8-17(24)28-14(12)9-16(22)23)20(27-2)19(25)18(15)10-3-5-11(21)6-4-10/h3-8,14,21,25H,9H2,1-2H3,(H,22,23)/t14-/m1/s1. The van der Waals surface area contributed by atoms with Crippen LogP contribution in [0, 0.1) is 0 Å². The van der Waals surface area contributed by atoms with Crippen molar-refractivity contribution in [3.8, 4) is 34.1 Å². The second kappa shape index (κ2) is 7.51. The number of rotatable bonds is 6. The third kappa shape index (κ3) is 3.44. The summed E-state index contributed by atoms with van der Waals surface area (Å²) in [5.41, 5.74) is 1.45. The van der Waals surface area contributed by atoms with Gasteiger partial charge in [-0.3, -0.25) is 4.79 Å². The molecule has 1 aliphatic rings. The molecule has 2 aromatic carbocycles. The number of cyclic esters (lactones) is 1. The molecule has 2 aromatic rings. The molecule has 3 rings (SSSR count). The fourth-order valence-corrected chi connectivity index (χ4v) is 3.13. The number of ether oxygens (including phenoxy) is 3. The minimum atomic E-state index is -1.14. The number of carbonyl (C=O) groups is 2. The van der Waals surface area contributed by atoms with Crippen molar-refractivity contribution >= 4 is 17.5 Å². The van der Waals surface area contributed by atoms with Crippen LogP contribution < -0.4 is 9.47 Å². The maximum absolute atomic E-state index is 11.7. The van der Waals surface area contributed by atoms with Crippen molar-refractivity contribution in [3.63, 3.8) is 0 Å². The summed E-state index contributed by atoms with van der Waals surface area (Å²) in [4.78, 5) is 22.8. The van der Waals surface area contributed by atoms with Crippen molar-refractivity contribution in [3.05, 3.63) is 42.0 Å². The Morgan fingerprint density at radius 3 is 2.39 bits per heavy atom. The highest BCUT2D eigenvalue weighted by Gasteiger charge is 2.33. The van der Waals surface area contributed by atoms with E-state index < -0.39 is 24.5 Å². The highest BCUT2D eigenvalue weighted by Crippen LogP contribution is 2.49. The van der Waals surface area contributed by atoms with Crippen LogP contribution >= 0.6 is 0 Å². The molecule has 28 heavy (non-hydrogen) atoms. The number of esters is 1. The lowest BCUT2D eigenvalue weighted by Gasteiger charge is -2.20. The fourth-order valence-electron chi connectivity index (χ4n) is 3.13. The lowest BCUT2D eigenvalue weighted by Crippen LogP contribution is -2.16. The number of methoxy groups -OCH3 is 2. The lowest BCUT2D eigenvalue weighted by atomic mass is 9.93. The van der Waals surface area contributed by atoms with Gasteiger partial charge in [-0.2, -0.15) is 0 Å². The van der Waals surface area contributed by atoms with Crippen molar-refractivity contribution in [1.29, 1.82) is 0 Å². The van der Waals surface area contributed by atoms with Gasteiger partial charge in [-0.25, -0.2) is 4.79 Å². The number of aromatic hydroxyl groups is 2. The van der Waals surface area contributed by atoms with Gasteiger partial charge in [-0.1, -0.05) is 12.1 Å². The summed E-state index contributed by atoms with van der Waals surface area (Å²) in [6.45, 7) is 0. The van der Waals surface area contributed by atoms with Crippen LogP contribution in [0.1, 0.15) is 12.0 Å². The first kappa shape index (κ1) is 19.1. The number of phenolic OH excluding ortho intramolecular Hbond substituents is 2. The van der Waals surface area contributed by atoms with Crippen LogP contribution in [-0.2, 0) is 14.3 Å². The zero-order chi connectivity index (χ0) is 20.4. The Morgan fingerprint density at radius 2 is 1.82 bits per heavy atom. The molecule has 1 aliphatic heterocycles. The van der Waals surface area contributed by atoms with Crippen molar-refractivity contribution in [2.75, 3.05) is 14.2 Å². The number of benzene rings is 2. The van der Waals surface area contributed by atoms with Crippen molar-refractivity contribution in [1.82, 2.24) is 0 Å². The van der Waals surface area contributed by atoms with E-state index in [0.29, 0.717) is 11.1 Å². The summed E-state index contributed by atoms with van der Waals surface area (Å²) in [5.74, 6) is -1.69. The van der Waals surface area contributed by atoms with E-state index in [4.69, 9.17) is 19.3 Å². The number of hydrogen-bond acceptors (Lipinski definition) is 7. The Bertz CT molecular complexity index is 959. The van der Waals surface area contributed by atoms with E-state index in [0.717, 1.165) is 0 Å². The summed E-state index contributed by atoms with van der Waals surface area (Å²) in [6, 6.07) is 7.66. The van der Waals surface area contributed by atoms with Crippen LogP contribution in [0.3, 0.4) is 0 Å². The van der Waals surface area contributed by atoms with Gasteiger partial charge in [-0.05, 0) is 23.8 Å². The number of carboxylic acid groups (broad SMARTS) is 1. The summed E-state index contributed by atoms with van der Waals surface area (Å²) in [7, 11) is 2.75. The second-order valence-corrected chi connectivity index (χ2v) is 6.05. The number of phenols is 2. The molecule has 0 aliphatic carbocycles. The van der Waals surface area contributed by atoms with Crippen molar-refractivity contribution in [2.45, 2.75) is 12.5 Å². The van der Waals surface area contributed by atoms with Crippen LogP contribution in [0.25, 0.3) is 16.7 Å². The molecule has 0 radical (unpaired) electrons. The van der Waals surface area contributed by atoms with E-state index in [-0.39, 0.29) is 34.1 Å². The maximum Gasteiger partial charge on any atom is 0.331 e. The first-order valence-electron chi connectivity index (χ1n) is 8.27. The molecule has 8 nitrogen and oxygen atoms in total. The van der Waals surface area contributed by atoms with E-state index in [9.17, 15) is 19.8 Å². The number of carboxylic acids is 1. The van der Waals surface area contributed by atoms with Crippen LogP contribution in [0.5, 0.6) is 23.0 Å². The van der Waals surface area contributed by atoms with Gasteiger partial charge in [0.2, 0.25) is 0 Å². The Hall–Kier alpha value is -3.68. The van der Waals surface area contributed by atoms with Gasteiger partial charge >= 0.3 is 11.9 Å². The highest BCUT2D eigenvalue weighted by atomic mass is 16.5. The van der Waals surface area contributed by atoms with Crippen LogP contribution in [0.15, 0.2) is 36.4 Å². The number of carbonyl (C=O) groups excluding carboxylic acids is 1. The number of aliphatic carboxylic acids is 1. The molecule has 0 saturated heterocycles. The van der Waals surface area contributed by atoms with E-state index in [1.54, 1.807) is 18.2 Å². The molecular formula is C20H18O8. The quantitative estimate of drug-likeness (QED) is 0.648. The van der Waals surface area contributed by atoms with E-state index in [1.807, 2.05) is 0 Å². The average Bonchev–Trinajstić information content (AvgIpc) is 3.01. The normalized spacial score (nSPS) is 15.7. The van der Waals surface area contributed by atoms with Crippen LogP contribution in [-0.4, -0.2) is 47.6 Å². The number of hydrogen-bond donors (Lipinski definition) is 3. The maximum atomic E-state index is 11.7. The largest absolute Gasteiger partial charge is 0.508 e. The fraction of sp³-hybridized carbons (Fsp3) is 0.200. The highest BCUT2D eigenvalue weighted by molar-refractivity contribution is 6.00. The Kier molecular flexibility index (Phi) is 5.12. The predicted octanol–water partition coefficient (Wildman–Crippen LogP) is 2.57. The second-order valence-electron chi connectivity index (χ2n) is 6.05. The molecule has 8 heteroatoms. The summed E-state index contributed by atoms with van der Waals surface area (Å²) >= 11 is 0. The molecule has 0 amide bonds. The van der Waals surface area contributed by atoms with E-state index in [1.165, 1.54) is 32.4 Å².